The van der Waals surface area contributed by atoms with E-state index in [1.807, 2.05) is 56.3 Å². The van der Waals surface area contributed by atoms with Crippen LogP contribution in [-0.2, 0) is 10.2 Å². The molecule has 3 heteroatoms. The Morgan fingerprint density at radius 2 is 1.67 bits per heavy atom. The first-order valence-electron chi connectivity index (χ1n) is 7.17. The van der Waals surface area contributed by atoms with Crippen LogP contribution in [0.15, 0.2) is 46.9 Å². The molecule has 0 heterocycles. The normalized spacial score (nSPS) is 15.6. The molecule has 0 radical (unpaired) electrons. The van der Waals surface area contributed by atoms with Crippen molar-refractivity contribution in [3.05, 3.63) is 63.6 Å². The second kappa shape index (κ2) is 5.30. The number of halogens is 1. The summed E-state index contributed by atoms with van der Waals surface area (Å²) < 4.78 is 1.04. The minimum absolute atomic E-state index is 0.113. The molecule has 1 fully saturated rings. The van der Waals surface area contributed by atoms with Crippen LogP contribution in [0.25, 0.3) is 0 Å². The van der Waals surface area contributed by atoms with Gasteiger partial charge in [-0.3, -0.25) is 4.79 Å². The Balaban J connectivity index is 1.88. The van der Waals surface area contributed by atoms with E-state index in [0.717, 1.165) is 39.7 Å². The van der Waals surface area contributed by atoms with Crippen LogP contribution < -0.4 is 5.32 Å². The van der Waals surface area contributed by atoms with E-state index in [9.17, 15) is 4.79 Å². The van der Waals surface area contributed by atoms with Crippen LogP contribution in [0.5, 0.6) is 0 Å². The number of aryl methyl sites for hydroxylation is 2. The lowest BCUT2D eigenvalue weighted by atomic mass is 9.94. The lowest BCUT2D eigenvalue weighted by Gasteiger charge is -2.18. The minimum atomic E-state index is -0.326. The molecule has 3 rings (SSSR count). The van der Waals surface area contributed by atoms with Gasteiger partial charge in [-0.15, -0.1) is 0 Å². The Morgan fingerprint density at radius 1 is 1.10 bits per heavy atom. The molecule has 0 saturated heterocycles. The first kappa shape index (κ1) is 14.3. The zero-order valence-corrected chi connectivity index (χ0v) is 13.8. The smallest absolute Gasteiger partial charge is 0.235 e. The van der Waals surface area contributed by atoms with Gasteiger partial charge in [0.15, 0.2) is 0 Å². The van der Waals surface area contributed by atoms with Crippen molar-refractivity contribution in [2.75, 3.05) is 5.32 Å². The predicted octanol–water partition coefficient (Wildman–Crippen LogP) is 4.74. The molecule has 1 amide bonds. The Bertz CT molecular complexity index is 667. The first-order valence-corrected chi connectivity index (χ1v) is 7.96. The van der Waals surface area contributed by atoms with E-state index in [-0.39, 0.29) is 11.3 Å². The molecule has 1 aliphatic rings. The number of benzene rings is 2. The number of carbonyl (C=O) groups excluding carboxylic acids is 1. The lowest BCUT2D eigenvalue weighted by molar-refractivity contribution is -0.118. The van der Waals surface area contributed by atoms with Gasteiger partial charge in [0.1, 0.15) is 0 Å². The van der Waals surface area contributed by atoms with Crippen LogP contribution >= 0.6 is 15.9 Å². The van der Waals surface area contributed by atoms with E-state index in [1.54, 1.807) is 0 Å². The molecular formula is C18H18BrNO. The zero-order valence-electron chi connectivity index (χ0n) is 12.2. The van der Waals surface area contributed by atoms with Crippen molar-refractivity contribution in [3.8, 4) is 0 Å². The second-order valence-electron chi connectivity index (χ2n) is 5.82. The van der Waals surface area contributed by atoms with Crippen LogP contribution in [0.4, 0.5) is 5.69 Å². The highest BCUT2D eigenvalue weighted by Crippen LogP contribution is 2.49. The number of hydrogen-bond donors (Lipinski definition) is 1. The molecule has 0 aromatic heterocycles. The van der Waals surface area contributed by atoms with Crippen LogP contribution in [0.3, 0.4) is 0 Å². The van der Waals surface area contributed by atoms with Gasteiger partial charge in [0.2, 0.25) is 5.91 Å². The number of nitrogens with one attached hydrogen (secondary N) is 1. The third-order valence-corrected chi connectivity index (χ3v) is 4.70. The molecule has 0 aliphatic heterocycles. The maximum Gasteiger partial charge on any atom is 0.235 e. The van der Waals surface area contributed by atoms with E-state index in [4.69, 9.17) is 0 Å². The summed E-state index contributed by atoms with van der Waals surface area (Å²) in [6, 6.07) is 14.1. The molecule has 0 bridgehead atoms. The first-order chi connectivity index (χ1) is 10.0. The average molecular weight is 344 g/mol. The van der Waals surface area contributed by atoms with Crippen LogP contribution in [0.2, 0.25) is 0 Å². The predicted molar refractivity (Wildman–Crippen MR) is 89.6 cm³/mol. The van der Waals surface area contributed by atoms with Gasteiger partial charge in [-0.1, -0.05) is 46.3 Å². The molecule has 1 N–H and O–H groups in total. The van der Waals surface area contributed by atoms with Gasteiger partial charge in [0, 0.05) is 10.2 Å². The zero-order chi connectivity index (χ0) is 15.0. The van der Waals surface area contributed by atoms with Gasteiger partial charge >= 0.3 is 0 Å². The third kappa shape index (κ3) is 2.62. The molecule has 2 aromatic carbocycles. The van der Waals surface area contributed by atoms with Crippen molar-refractivity contribution >= 4 is 27.5 Å². The lowest BCUT2D eigenvalue weighted by Crippen LogP contribution is -2.28. The molecule has 0 atom stereocenters. The highest BCUT2D eigenvalue weighted by atomic mass is 79.9. The van der Waals surface area contributed by atoms with Crippen molar-refractivity contribution < 1.29 is 4.79 Å². The molecular weight excluding hydrogens is 326 g/mol. The van der Waals surface area contributed by atoms with Crippen molar-refractivity contribution in [1.82, 2.24) is 0 Å². The van der Waals surface area contributed by atoms with Gasteiger partial charge in [-0.2, -0.15) is 0 Å². The number of anilines is 1. The number of rotatable bonds is 3. The number of carbonyl (C=O) groups is 1. The summed E-state index contributed by atoms with van der Waals surface area (Å²) in [6.07, 6.45) is 1.86. The standard InChI is InChI=1S/C18H18BrNO/c1-12-10-15(19)11-13(2)16(12)20-17(21)18(8-9-18)14-6-4-3-5-7-14/h3-7,10-11H,8-9H2,1-2H3,(H,20,21). The van der Waals surface area contributed by atoms with E-state index in [2.05, 4.69) is 21.2 Å². The van der Waals surface area contributed by atoms with Gasteiger partial charge in [-0.05, 0) is 55.5 Å². The van der Waals surface area contributed by atoms with Gasteiger partial charge in [0.05, 0.1) is 5.41 Å². The highest BCUT2D eigenvalue weighted by molar-refractivity contribution is 9.10. The van der Waals surface area contributed by atoms with E-state index >= 15 is 0 Å². The highest BCUT2D eigenvalue weighted by Gasteiger charge is 2.51. The minimum Gasteiger partial charge on any atom is -0.325 e. The number of hydrogen-bond acceptors (Lipinski definition) is 1. The fourth-order valence-corrected chi connectivity index (χ4v) is 3.56. The summed E-state index contributed by atoms with van der Waals surface area (Å²) in [4.78, 5) is 12.8. The van der Waals surface area contributed by atoms with Gasteiger partial charge in [0.25, 0.3) is 0 Å². The summed E-state index contributed by atoms with van der Waals surface area (Å²) in [6.45, 7) is 4.05. The third-order valence-electron chi connectivity index (χ3n) is 4.25. The van der Waals surface area contributed by atoms with Crippen LogP contribution in [0, 0.1) is 13.8 Å². The Hall–Kier alpha value is -1.61. The van der Waals surface area contributed by atoms with Crippen LogP contribution in [0.1, 0.15) is 29.5 Å². The molecule has 0 spiro atoms. The molecule has 2 aromatic rings. The van der Waals surface area contributed by atoms with Crippen molar-refractivity contribution in [3.63, 3.8) is 0 Å². The molecule has 0 unspecified atom stereocenters. The fourth-order valence-electron chi connectivity index (χ4n) is 2.87. The molecule has 2 nitrogen and oxygen atoms in total. The molecule has 1 saturated carbocycles. The fraction of sp³-hybridized carbons (Fsp3) is 0.278. The summed E-state index contributed by atoms with van der Waals surface area (Å²) in [5, 5.41) is 3.15. The maximum absolute atomic E-state index is 12.8. The SMILES string of the molecule is Cc1cc(Br)cc(C)c1NC(=O)C1(c2ccccc2)CC1. The summed E-state index contributed by atoms with van der Waals surface area (Å²) in [5.41, 5.74) is 3.89. The maximum atomic E-state index is 12.8. The quantitative estimate of drug-likeness (QED) is 0.856. The second-order valence-corrected chi connectivity index (χ2v) is 6.73. The number of amides is 1. The van der Waals surface area contributed by atoms with Crippen LogP contribution in [-0.4, -0.2) is 5.91 Å². The molecule has 21 heavy (non-hydrogen) atoms. The topological polar surface area (TPSA) is 29.1 Å². The average Bonchev–Trinajstić information content (AvgIpc) is 3.25. The Kier molecular flexibility index (Phi) is 3.62. The van der Waals surface area contributed by atoms with E-state index in [0.29, 0.717) is 0 Å². The largest absolute Gasteiger partial charge is 0.325 e. The van der Waals surface area contributed by atoms with Crippen molar-refractivity contribution in [1.29, 1.82) is 0 Å². The summed E-state index contributed by atoms with van der Waals surface area (Å²) in [7, 11) is 0. The summed E-state index contributed by atoms with van der Waals surface area (Å²) >= 11 is 3.49. The summed E-state index contributed by atoms with van der Waals surface area (Å²) in [5.74, 6) is 0.113. The van der Waals surface area contributed by atoms with Crippen molar-refractivity contribution in [2.24, 2.45) is 0 Å². The van der Waals surface area contributed by atoms with Gasteiger partial charge in [-0.25, -0.2) is 0 Å². The van der Waals surface area contributed by atoms with Crippen molar-refractivity contribution in [2.45, 2.75) is 32.1 Å². The monoisotopic (exact) mass is 343 g/mol. The molecule has 108 valence electrons. The Labute approximate surface area is 133 Å². The Morgan fingerprint density at radius 3 is 2.19 bits per heavy atom. The molecule has 1 aliphatic carbocycles. The van der Waals surface area contributed by atoms with Gasteiger partial charge < -0.3 is 5.32 Å². The van der Waals surface area contributed by atoms with E-state index < -0.39 is 0 Å². The van der Waals surface area contributed by atoms with E-state index in [1.165, 1.54) is 0 Å².